The molecule has 1 aliphatic heterocycles. The molecule has 3 heteroatoms. The van der Waals surface area contributed by atoms with Gasteiger partial charge in [-0.3, -0.25) is 0 Å². The minimum atomic E-state index is 0.0227. The van der Waals surface area contributed by atoms with Gasteiger partial charge in [0, 0.05) is 13.1 Å². The lowest BCUT2D eigenvalue weighted by Gasteiger charge is -2.32. The minimum Gasteiger partial charge on any atom is -0.368 e. The highest BCUT2D eigenvalue weighted by Crippen LogP contribution is 2.28. The molecule has 2 N–H and O–H groups in total. The van der Waals surface area contributed by atoms with E-state index in [-0.39, 0.29) is 6.10 Å². The number of nitrogens with two attached hydrogens (primary N) is 1. The highest BCUT2D eigenvalue weighted by Gasteiger charge is 2.21. The van der Waals surface area contributed by atoms with Crippen LogP contribution in [0.5, 0.6) is 0 Å². The van der Waals surface area contributed by atoms with E-state index in [0.717, 1.165) is 32.8 Å². The van der Waals surface area contributed by atoms with Crippen LogP contribution >= 0.6 is 0 Å². The van der Waals surface area contributed by atoms with Crippen LogP contribution in [-0.2, 0) is 4.74 Å². The highest BCUT2D eigenvalue weighted by atomic mass is 16.5. The number of hydrogen-bond acceptors (Lipinski definition) is 3. The largest absolute Gasteiger partial charge is 0.368 e. The third kappa shape index (κ3) is 4.67. The summed E-state index contributed by atoms with van der Waals surface area (Å²) in [5, 5.41) is 0. The number of piperidine rings is 1. The van der Waals surface area contributed by atoms with Gasteiger partial charge in [0.1, 0.15) is 6.10 Å². The Kier molecular flexibility index (Phi) is 6.41. The molecular formula is C21H28N2O. The van der Waals surface area contributed by atoms with E-state index < -0.39 is 0 Å². The van der Waals surface area contributed by atoms with Crippen LogP contribution in [0.1, 0.15) is 30.1 Å². The van der Waals surface area contributed by atoms with E-state index in [4.69, 9.17) is 10.5 Å². The fourth-order valence-electron chi connectivity index (χ4n) is 3.43. The maximum Gasteiger partial charge on any atom is 0.108 e. The Hall–Kier alpha value is -1.68. The van der Waals surface area contributed by atoms with E-state index in [1.807, 2.05) is 0 Å². The Balaban J connectivity index is 1.61. The first kappa shape index (κ1) is 17.2. The fraction of sp³-hybridized carbons (Fsp3) is 0.429. The molecule has 1 aliphatic rings. The van der Waals surface area contributed by atoms with Crippen molar-refractivity contribution in [2.24, 2.45) is 11.7 Å². The molecule has 3 rings (SSSR count). The van der Waals surface area contributed by atoms with Crippen molar-refractivity contribution < 1.29 is 4.74 Å². The predicted molar refractivity (Wildman–Crippen MR) is 98.9 cm³/mol. The van der Waals surface area contributed by atoms with E-state index in [1.165, 1.54) is 24.0 Å². The summed E-state index contributed by atoms with van der Waals surface area (Å²) in [6, 6.07) is 21.1. The first-order valence-electron chi connectivity index (χ1n) is 9.00. The van der Waals surface area contributed by atoms with Crippen LogP contribution in [0.25, 0.3) is 0 Å². The van der Waals surface area contributed by atoms with Crippen molar-refractivity contribution in [1.29, 1.82) is 0 Å². The van der Waals surface area contributed by atoms with Crippen molar-refractivity contribution in [2.75, 3.05) is 32.8 Å². The number of rotatable bonds is 7. The van der Waals surface area contributed by atoms with Crippen LogP contribution in [-0.4, -0.2) is 37.7 Å². The molecule has 24 heavy (non-hydrogen) atoms. The van der Waals surface area contributed by atoms with Gasteiger partial charge in [-0.1, -0.05) is 60.7 Å². The second-order valence-electron chi connectivity index (χ2n) is 6.61. The molecule has 0 amide bonds. The molecule has 1 fully saturated rings. The van der Waals surface area contributed by atoms with Crippen LogP contribution in [0, 0.1) is 5.92 Å². The lowest BCUT2D eigenvalue weighted by Crippen LogP contribution is -2.38. The summed E-state index contributed by atoms with van der Waals surface area (Å²) in [7, 11) is 0. The smallest absolute Gasteiger partial charge is 0.108 e. The monoisotopic (exact) mass is 324 g/mol. The molecule has 1 heterocycles. The van der Waals surface area contributed by atoms with E-state index >= 15 is 0 Å². The Bertz CT molecular complexity index is 540. The molecule has 0 radical (unpaired) electrons. The van der Waals surface area contributed by atoms with Crippen molar-refractivity contribution >= 4 is 0 Å². The van der Waals surface area contributed by atoms with Gasteiger partial charge in [0.2, 0.25) is 0 Å². The van der Waals surface area contributed by atoms with Gasteiger partial charge in [0.25, 0.3) is 0 Å². The Morgan fingerprint density at radius 1 is 0.917 bits per heavy atom. The highest BCUT2D eigenvalue weighted by molar-refractivity contribution is 5.29. The molecular weight excluding hydrogens is 296 g/mol. The van der Waals surface area contributed by atoms with Crippen LogP contribution < -0.4 is 5.73 Å². The number of nitrogens with zero attached hydrogens (tertiary/aromatic N) is 1. The molecule has 3 nitrogen and oxygen atoms in total. The summed E-state index contributed by atoms with van der Waals surface area (Å²) in [5.74, 6) is 0.647. The lowest BCUT2D eigenvalue weighted by atomic mass is 9.97. The normalized spacial score (nSPS) is 16.6. The third-order valence-corrected chi connectivity index (χ3v) is 4.86. The first-order chi connectivity index (χ1) is 11.9. The van der Waals surface area contributed by atoms with E-state index in [0.29, 0.717) is 5.92 Å². The standard InChI is InChI=1S/C21H28N2O/c22-13-16-23-14-11-18(12-15-23)17-24-21(19-7-3-1-4-8-19)20-9-5-2-6-10-20/h1-10,18,21H,11-17,22H2. The summed E-state index contributed by atoms with van der Waals surface area (Å²) in [6.45, 7) is 4.89. The average molecular weight is 324 g/mol. The zero-order valence-corrected chi connectivity index (χ0v) is 14.3. The van der Waals surface area contributed by atoms with Gasteiger partial charge < -0.3 is 15.4 Å². The third-order valence-electron chi connectivity index (χ3n) is 4.86. The van der Waals surface area contributed by atoms with E-state index in [2.05, 4.69) is 65.6 Å². The zero-order chi connectivity index (χ0) is 16.6. The molecule has 0 saturated carbocycles. The topological polar surface area (TPSA) is 38.5 Å². The first-order valence-corrected chi connectivity index (χ1v) is 9.00. The fourth-order valence-corrected chi connectivity index (χ4v) is 3.43. The summed E-state index contributed by atoms with van der Waals surface area (Å²) in [5.41, 5.74) is 8.11. The van der Waals surface area contributed by atoms with E-state index in [9.17, 15) is 0 Å². The van der Waals surface area contributed by atoms with Crippen molar-refractivity contribution in [3.63, 3.8) is 0 Å². The average Bonchev–Trinajstić information content (AvgIpc) is 2.65. The van der Waals surface area contributed by atoms with Gasteiger partial charge >= 0.3 is 0 Å². The van der Waals surface area contributed by atoms with Crippen LogP contribution in [0.15, 0.2) is 60.7 Å². The van der Waals surface area contributed by atoms with Crippen molar-refractivity contribution in [2.45, 2.75) is 18.9 Å². The molecule has 0 spiro atoms. The van der Waals surface area contributed by atoms with Gasteiger partial charge in [-0.05, 0) is 43.0 Å². The molecule has 0 bridgehead atoms. The second kappa shape index (κ2) is 8.97. The maximum absolute atomic E-state index is 6.41. The summed E-state index contributed by atoms with van der Waals surface area (Å²) < 4.78 is 6.41. The SMILES string of the molecule is NCCN1CCC(COC(c2ccccc2)c2ccccc2)CC1. The quantitative estimate of drug-likeness (QED) is 0.847. The van der Waals surface area contributed by atoms with Gasteiger partial charge in [0.05, 0.1) is 6.61 Å². The number of hydrogen-bond donors (Lipinski definition) is 1. The van der Waals surface area contributed by atoms with E-state index in [1.54, 1.807) is 0 Å². The molecule has 0 unspecified atom stereocenters. The molecule has 2 aromatic carbocycles. The number of benzene rings is 2. The van der Waals surface area contributed by atoms with Crippen LogP contribution in [0.4, 0.5) is 0 Å². The molecule has 1 saturated heterocycles. The molecule has 0 atom stereocenters. The lowest BCUT2D eigenvalue weighted by molar-refractivity contribution is 0.0314. The zero-order valence-electron chi connectivity index (χ0n) is 14.3. The summed E-state index contributed by atoms with van der Waals surface area (Å²) in [4.78, 5) is 2.46. The van der Waals surface area contributed by atoms with Gasteiger partial charge in [-0.15, -0.1) is 0 Å². The second-order valence-corrected chi connectivity index (χ2v) is 6.61. The number of ether oxygens (including phenoxy) is 1. The molecule has 2 aromatic rings. The maximum atomic E-state index is 6.41. The molecule has 128 valence electrons. The Morgan fingerprint density at radius 3 is 1.96 bits per heavy atom. The van der Waals surface area contributed by atoms with Gasteiger partial charge in [-0.25, -0.2) is 0 Å². The summed E-state index contributed by atoms with van der Waals surface area (Å²) >= 11 is 0. The van der Waals surface area contributed by atoms with Crippen LogP contribution in [0.2, 0.25) is 0 Å². The molecule has 0 aromatic heterocycles. The summed E-state index contributed by atoms with van der Waals surface area (Å²) in [6.07, 6.45) is 2.43. The Labute approximate surface area is 145 Å². The number of likely N-dealkylation sites (tertiary alicyclic amines) is 1. The van der Waals surface area contributed by atoms with Gasteiger partial charge in [0.15, 0.2) is 0 Å². The predicted octanol–water partition coefficient (Wildman–Crippen LogP) is 3.46. The van der Waals surface area contributed by atoms with Crippen molar-refractivity contribution in [3.05, 3.63) is 71.8 Å². The molecule has 0 aliphatic carbocycles. The Morgan fingerprint density at radius 2 is 1.46 bits per heavy atom. The van der Waals surface area contributed by atoms with Crippen molar-refractivity contribution in [3.8, 4) is 0 Å². The van der Waals surface area contributed by atoms with Gasteiger partial charge in [-0.2, -0.15) is 0 Å². The van der Waals surface area contributed by atoms with Crippen LogP contribution in [0.3, 0.4) is 0 Å². The van der Waals surface area contributed by atoms with Crippen molar-refractivity contribution in [1.82, 2.24) is 4.90 Å². The minimum absolute atomic E-state index is 0.0227.